The number of hydrogen-bond acceptors (Lipinski definition) is 4. The van der Waals surface area contributed by atoms with Crippen molar-refractivity contribution in [2.75, 3.05) is 14.7 Å². The molecule has 15 rings (SSSR count). The Labute approximate surface area is 647 Å². The van der Waals surface area contributed by atoms with Crippen molar-refractivity contribution in [3.8, 4) is 22.3 Å². The third-order valence-electron chi connectivity index (χ3n) is 23.7. The summed E-state index contributed by atoms with van der Waals surface area (Å²) in [5.41, 5.74) is 28.0. The molecule has 1 aromatic heterocycles. The van der Waals surface area contributed by atoms with E-state index in [1.54, 1.807) is 0 Å². The number of hydrogen-bond donors (Lipinski definition) is 0. The third-order valence-corrected chi connectivity index (χ3v) is 29.3. The summed E-state index contributed by atoms with van der Waals surface area (Å²) in [4.78, 5) is 7.63. The number of nitrogens with zero attached hydrogens (tertiary/aromatic N) is 3. The quantitative estimate of drug-likeness (QED) is 0.114. The van der Waals surface area contributed by atoms with E-state index >= 15 is 0 Å². The van der Waals surface area contributed by atoms with E-state index in [-0.39, 0.29) is 32.5 Å². The molecule has 1 atom stereocenters. The lowest BCUT2D eigenvalue weighted by Crippen LogP contribution is -2.50. The van der Waals surface area contributed by atoms with Gasteiger partial charge in [0.05, 0.1) is 30.2 Å². The molecule has 1 aliphatic heterocycles. The highest BCUT2D eigenvalue weighted by molar-refractivity contribution is 7.05. The first-order valence-corrected chi connectivity index (χ1v) is 45.8. The van der Waals surface area contributed by atoms with Crippen LogP contribution in [-0.4, -0.2) is 16.1 Å². The molecule has 1 unspecified atom stereocenters. The number of anilines is 9. The Balaban J connectivity index is 1.14. The molecule has 12 aromatic carbocycles. The Morgan fingerprint density at radius 1 is 0.324 bits per heavy atom. The van der Waals surface area contributed by atoms with Gasteiger partial charge in [0.15, 0.2) is 0 Å². The molecule has 2 heterocycles. The Bertz CT molecular complexity index is 5390. The first-order chi connectivity index (χ1) is 50.7. The van der Waals surface area contributed by atoms with Crippen molar-refractivity contribution in [1.82, 2.24) is 0 Å². The van der Waals surface area contributed by atoms with E-state index in [0.717, 1.165) is 78.7 Å². The van der Waals surface area contributed by atoms with Gasteiger partial charge in [-0.25, -0.2) is 0 Å². The molecule has 0 fully saturated rings. The summed E-state index contributed by atoms with van der Waals surface area (Å²) >= 11 is 0. The maximum Gasteiger partial charge on any atom is 0.145 e. The largest absolute Gasteiger partial charge is 0.455 e. The van der Waals surface area contributed by atoms with E-state index in [1.807, 2.05) is 0 Å². The van der Waals surface area contributed by atoms with Crippen LogP contribution in [0.5, 0.6) is 0 Å². The van der Waals surface area contributed by atoms with Crippen LogP contribution in [0.3, 0.4) is 0 Å². The van der Waals surface area contributed by atoms with E-state index in [1.165, 1.54) is 87.9 Å². The van der Waals surface area contributed by atoms with Crippen LogP contribution >= 0.6 is 0 Å². The van der Waals surface area contributed by atoms with Crippen LogP contribution in [0.4, 0.5) is 51.2 Å². The minimum Gasteiger partial charge on any atom is -0.455 e. The molecule has 0 saturated heterocycles. The van der Waals surface area contributed by atoms with Crippen molar-refractivity contribution in [3.63, 3.8) is 0 Å². The fourth-order valence-corrected chi connectivity index (χ4v) is 21.9. The summed E-state index contributed by atoms with van der Waals surface area (Å²) in [6, 6.07) is 99.9. The number of rotatable bonds is 12. The fraction of sp³-hybridized carbons (Fsp3) is 0.294. The van der Waals surface area contributed by atoms with Crippen LogP contribution in [0, 0.1) is 0 Å². The molecule has 0 bridgehead atoms. The Morgan fingerprint density at radius 2 is 0.639 bits per heavy atom. The molecule has 0 N–H and O–H groups in total. The van der Waals surface area contributed by atoms with Gasteiger partial charge in [-0.1, -0.05) is 314 Å². The second kappa shape index (κ2) is 26.0. The van der Waals surface area contributed by atoms with E-state index in [2.05, 4.69) is 427 Å². The van der Waals surface area contributed by atoms with E-state index in [4.69, 9.17) is 4.42 Å². The lowest BCUT2D eigenvalue weighted by Gasteiger charge is -2.37. The molecule has 0 amide bonds. The molecule has 4 nitrogen and oxygen atoms in total. The van der Waals surface area contributed by atoms with Gasteiger partial charge in [-0.05, 0) is 213 Å². The second-order valence-electron chi connectivity index (χ2n) is 38.8. The van der Waals surface area contributed by atoms with Crippen molar-refractivity contribution < 1.29 is 4.42 Å². The molecule has 108 heavy (non-hydrogen) atoms. The number of benzene rings is 12. The van der Waals surface area contributed by atoms with Crippen molar-refractivity contribution in [2.45, 2.75) is 195 Å². The van der Waals surface area contributed by atoms with Gasteiger partial charge in [0, 0.05) is 56.3 Å². The average Bonchev–Trinajstić information content (AvgIpc) is 1.49. The molecule has 0 spiro atoms. The van der Waals surface area contributed by atoms with Crippen LogP contribution < -0.4 is 30.3 Å². The fourth-order valence-electron chi connectivity index (χ4n) is 17.3. The normalized spacial score (nSPS) is 15.1. The lowest BCUT2D eigenvalue weighted by molar-refractivity contribution is 0.590. The summed E-state index contributed by atoms with van der Waals surface area (Å²) in [6.07, 6.45) is 0. The summed E-state index contributed by atoms with van der Waals surface area (Å²) in [7, 11) is -4.64. The zero-order chi connectivity index (χ0) is 77.0. The van der Waals surface area contributed by atoms with Gasteiger partial charge in [-0.3, -0.25) is 0 Å². The minimum absolute atomic E-state index is 0.0152. The van der Waals surface area contributed by atoms with Crippen molar-refractivity contribution >= 4 is 105 Å². The average molecular weight is 1450 g/mol. The molecule has 1 aliphatic carbocycles. The van der Waals surface area contributed by atoms with Gasteiger partial charge in [0.25, 0.3) is 0 Å². The van der Waals surface area contributed by atoms with Gasteiger partial charge < -0.3 is 19.1 Å². The first kappa shape index (κ1) is 73.8. The molecule has 6 heteroatoms. The van der Waals surface area contributed by atoms with E-state index in [0.29, 0.717) is 0 Å². The Morgan fingerprint density at radius 3 is 1.02 bits per heavy atom. The number of furan rings is 1. The van der Waals surface area contributed by atoms with Gasteiger partial charge in [-0.2, -0.15) is 0 Å². The predicted molar refractivity (Wildman–Crippen MR) is 472 cm³/mol. The van der Waals surface area contributed by atoms with Gasteiger partial charge in [0.1, 0.15) is 19.2 Å². The molecular formula is C102H111N3OSi2. The third kappa shape index (κ3) is 12.7. The number of para-hydroxylation sites is 1. The maximum atomic E-state index is 7.95. The second-order valence-corrected chi connectivity index (χ2v) is 48.1. The Kier molecular flexibility index (Phi) is 17.7. The van der Waals surface area contributed by atoms with Gasteiger partial charge in [0.2, 0.25) is 0 Å². The van der Waals surface area contributed by atoms with Crippen LogP contribution in [0.15, 0.2) is 259 Å². The topological polar surface area (TPSA) is 22.9 Å². The predicted octanol–water partition coefficient (Wildman–Crippen LogP) is 27.5. The minimum atomic E-state index is -2.77. The molecule has 0 saturated carbocycles. The monoisotopic (exact) mass is 1450 g/mol. The zero-order valence-corrected chi connectivity index (χ0v) is 70.5. The molecule has 2 aliphatic rings. The first-order valence-electron chi connectivity index (χ1n) is 39.3. The number of fused-ring (bicyclic) bond motifs is 11. The van der Waals surface area contributed by atoms with Crippen molar-refractivity contribution in [1.29, 1.82) is 0 Å². The van der Waals surface area contributed by atoms with E-state index in [9.17, 15) is 0 Å². The molecular weight excluding hydrogens is 1340 g/mol. The summed E-state index contributed by atoms with van der Waals surface area (Å²) < 4.78 is 7.95. The highest BCUT2D eigenvalue weighted by Crippen LogP contribution is 2.64. The highest BCUT2D eigenvalue weighted by atomic mass is 28.3. The molecule has 0 radical (unpaired) electrons. The molecule has 548 valence electrons. The van der Waals surface area contributed by atoms with E-state index < -0.39 is 21.6 Å². The van der Waals surface area contributed by atoms with Gasteiger partial charge >= 0.3 is 0 Å². The van der Waals surface area contributed by atoms with Crippen molar-refractivity contribution in [2.24, 2.45) is 0 Å². The summed E-state index contributed by atoms with van der Waals surface area (Å²) in [5, 5.41) is 6.46. The van der Waals surface area contributed by atoms with Crippen LogP contribution in [0.25, 0.3) is 44.2 Å². The maximum absolute atomic E-state index is 7.95. The van der Waals surface area contributed by atoms with Crippen LogP contribution in [0.1, 0.15) is 180 Å². The summed E-state index contributed by atoms with van der Waals surface area (Å²) in [5.74, 6) is 0. The SMILES string of the molecule is CC(C)(C)c1ccc(N(c2ccc(C(C)(C)C)cc2)c2ccc(C3(c4ccc([Si](C)(C)C)cc4)c4cc(N(c5ccc(C(C)(C)C)cc5)c5ccc(C(C)(C)C)cc5)c5c(c4-c4c3cc(N(c3ccc(C(C)(C)C)cc3)c3ccc(C(C)(C)C)cc3)c3c4oc4ccccc43)[Si](C)(C)c3ccccc3-5)cc2)cc1. The zero-order valence-electron chi connectivity index (χ0n) is 68.5. The summed E-state index contributed by atoms with van der Waals surface area (Å²) in [6.45, 7) is 54.3. The van der Waals surface area contributed by atoms with Gasteiger partial charge in [-0.15, -0.1) is 0 Å². The molecule has 13 aromatic rings. The standard InChI is InChI=1S/C102H111N3OSi2/c1-96(2,3)66-32-48-74(49-33-66)103(75-50-34-67(35-51-75)97(4,5)6)76-60-44-72(45-61-76)102(73-46-62-81(63-47-73)107(19,20)21)84-64-86(104(77-52-36-68(37-53-77)98(7,8)9)78-54-38-69(39-55-78)99(10,11)12)90-82-28-24-26-30-88(82)106-94(90)92(84)93-85(102)65-87(91-83-29-25-27-31-89(83)108(22,23)95(91)93)105(79-56-40-70(41-57-79)100(13,14)15)80-58-42-71(43-59-80)101(16,17)18/h24-65H,1-23H3. The van der Waals surface area contributed by atoms with Crippen LogP contribution in [0.2, 0.25) is 32.7 Å². The van der Waals surface area contributed by atoms with Crippen molar-refractivity contribution in [3.05, 3.63) is 310 Å². The smallest absolute Gasteiger partial charge is 0.145 e. The lowest BCUT2D eigenvalue weighted by atomic mass is 9.67. The Hall–Kier alpha value is -9.73. The highest BCUT2D eigenvalue weighted by Gasteiger charge is 2.54. The van der Waals surface area contributed by atoms with Crippen LogP contribution in [-0.2, 0) is 37.9 Å².